The van der Waals surface area contributed by atoms with E-state index in [0.29, 0.717) is 29.2 Å². The number of carboxylic acid groups (broad SMARTS) is 1. The maximum absolute atomic E-state index is 12.2. The number of benzene rings is 1. The van der Waals surface area contributed by atoms with Crippen LogP contribution in [0.1, 0.15) is 29.0 Å². The van der Waals surface area contributed by atoms with E-state index in [2.05, 4.69) is 10.4 Å². The molecule has 7 heteroatoms. The molecule has 1 fully saturated rings. The number of aromatic nitrogens is 2. The van der Waals surface area contributed by atoms with Crippen LogP contribution in [0.25, 0.3) is 5.69 Å². The van der Waals surface area contributed by atoms with E-state index in [1.54, 1.807) is 16.8 Å². The molecule has 0 radical (unpaired) electrons. The Bertz CT molecular complexity index is 766. The largest absolute Gasteiger partial charge is 0.481 e. The number of carboxylic acids is 1. The van der Waals surface area contributed by atoms with E-state index in [0.717, 1.165) is 5.69 Å². The highest BCUT2D eigenvalue weighted by atomic mass is 35.5. The van der Waals surface area contributed by atoms with Gasteiger partial charge < -0.3 is 10.4 Å². The monoisotopic (exact) mass is 333 g/mol. The van der Waals surface area contributed by atoms with Crippen molar-refractivity contribution in [1.29, 1.82) is 0 Å². The first-order valence-corrected chi connectivity index (χ1v) is 7.68. The normalized spacial score (nSPS) is 19.9. The van der Waals surface area contributed by atoms with Gasteiger partial charge in [-0.05, 0) is 38.0 Å². The zero-order valence-corrected chi connectivity index (χ0v) is 13.2. The average Bonchev–Trinajstić information content (AvgIpc) is 2.84. The maximum Gasteiger partial charge on any atom is 0.306 e. The number of rotatable bonds is 4. The molecule has 0 bridgehead atoms. The minimum Gasteiger partial charge on any atom is -0.481 e. The molecule has 1 aromatic carbocycles. The summed E-state index contributed by atoms with van der Waals surface area (Å²) < 4.78 is 1.62. The Morgan fingerprint density at radius 3 is 2.70 bits per heavy atom. The third-order valence-electron chi connectivity index (χ3n) is 4.02. The average molecular weight is 334 g/mol. The number of carbonyl (C=O) groups excluding carboxylic acids is 1. The van der Waals surface area contributed by atoms with Gasteiger partial charge in [-0.15, -0.1) is 0 Å². The number of para-hydroxylation sites is 1. The quantitative estimate of drug-likeness (QED) is 0.900. The maximum atomic E-state index is 12.2. The molecule has 1 heterocycles. The molecule has 0 saturated heterocycles. The highest BCUT2D eigenvalue weighted by Crippen LogP contribution is 2.28. The highest BCUT2D eigenvalue weighted by Gasteiger charge is 2.35. The second-order valence-electron chi connectivity index (χ2n) is 5.71. The minimum atomic E-state index is -0.811. The molecule has 2 aromatic rings. The summed E-state index contributed by atoms with van der Waals surface area (Å²) in [4.78, 5) is 23.0. The number of hydrogen-bond donors (Lipinski definition) is 2. The van der Waals surface area contributed by atoms with Crippen LogP contribution in [0.15, 0.2) is 30.3 Å². The zero-order chi connectivity index (χ0) is 16.6. The van der Waals surface area contributed by atoms with Crippen LogP contribution in [-0.4, -0.2) is 32.8 Å². The number of nitrogens with one attached hydrogen (secondary N) is 1. The summed E-state index contributed by atoms with van der Waals surface area (Å²) in [6.07, 6.45) is 0.927. The molecule has 1 saturated carbocycles. The van der Waals surface area contributed by atoms with Gasteiger partial charge in [0.05, 0.1) is 16.6 Å². The lowest BCUT2D eigenvalue weighted by Crippen LogP contribution is -2.46. The number of carbonyl (C=O) groups is 2. The fourth-order valence-electron chi connectivity index (χ4n) is 2.65. The molecule has 1 aliphatic rings. The van der Waals surface area contributed by atoms with Crippen molar-refractivity contribution < 1.29 is 14.7 Å². The summed E-state index contributed by atoms with van der Waals surface area (Å²) in [6, 6.07) is 8.85. The van der Waals surface area contributed by atoms with Gasteiger partial charge in [-0.2, -0.15) is 5.10 Å². The van der Waals surface area contributed by atoms with Crippen molar-refractivity contribution in [3.63, 3.8) is 0 Å². The Labute approximate surface area is 138 Å². The van der Waals surface area contributed by atoms with E-state index in [1.807, 2.05) is 25.1 Å². The van der Waals surface area contributed by atoms with Gasteiger partial charge in [-0.1, -0.05) is 23.7 Å². The van der Waals surface area contributed by atoms with Crippen LogP contribution < -0.4 is 5.32 Å². The molecular formula is C16H16ClN3O3. The third-order valence-corrected chi connectivity index (χ3v) is 4.34. The van der Waals surface area contributed by atoms with Crippen LogP contribution >= 0.6 is 11.6 Å². The Hall–Kier alpha value is -2.34. The van der Waals surface area contributed by atoms with Crippen LogP contribution in [0, 0.1) is 12.8 Å². The van der Waals surface area contributed by atoms with E-state index in [1.165, 1.54) is 0 Å². The molecule has 0 atom stereocenters. The topological polar surface area (TPSA) is 84.2 Å². The van der Waals surface area contributed by atoms with Crippen molar-refractivity contribution in [2.24, 2.45) is 5.92 Å². The fraction of sp³-hybridized carbons (Fsp3) is 0.312. The van der Waals surface area contributed by atoms with Crippen molar-refractivity contribution >= 4 is 23.5 Å². The smallest absolute Gasteiger partial charge is 0.306 e. The van der Waals surface area contributed by atoms with Crippen LogP contribution in [-0.2, 0) is 4.79 Å². The summed E-state index contributed by atoms with van der Waals surface area (Å²) in [5.41, 5.74) is 1.79. The standard InChI is InChI=1S/C16H16ClN3O3/c1-9-6-13(15(21)18-11-7-10(8-11)16(22)23)19-20(9)14-5-3-2-4-12(14)17/h2-6,10-11H,7-8H2,1H3,(H,18,21)(H,22,23). The molecule has 1 aromatic heterocycles. The number of nitrogens with zero attached hydrogens (tertiary/aromatic N) is 2. The first-order valence-electron chi connectivity index (χ1n) is 7.31. The van der Waals surface area contributed by atoms with Crippen molar-refractivity contribution in [1.82, 2.24) is 15.1 Å². The third kappa shape index (κ3) is 3.07. The van der Waals surface area contributed by atoms with Crippen molar-refractivity contribution in [2.75, 3.05) is 0 Å². The van der Waals surface area contributed by atoms with Crippen molar-refractivity contribution in [2.45, 2.75) is 25.8 Å². The zero-order valence-electron chi connectivity index (χ0n) is 12.5. The number of aliphatic carboxylic acids is 1. The van der Waals surface area contributed by atoms with Crippen LogP contribution in [0.5, 0.6) is 0 Å². The van der Waals surface area contributed by atoms with Gasteiger partial charge >= 0.3 is 5.97 Å². The first-order chi connectivity index (χ1) is 11.0. The van der Waals surface area contributed by atoms with Gasteiger partial charge in [0.2, 0.25) is 0 Å². The van der Waals surface area contributed by atoms with Crippen LogP contribution in [0.4, 0.5) is 0 Å². The minimum absolute atomic E-state index is 0.102. The van der Waals surface area contributed by atoms with Crippen LogP contribution in [0.3, 0.4) is 0 Å². The molecule has 0 spiro atoms. The van der Waals surface area contributed by atoms with Crippen molar-refractivity contribution in [3.05, 3.63) is 46.7 Å². The lowest BCUT2D eigenvalue weighted by atomic mass is 9.80. The van der Waals surface area contributed by atoms with Gasteiger partial charge in [0, 0.05) is 11.7 Å². The first kappa shape index (κ1) is 15.6. The van der Waals surface area contributed by atoms with E-state index >= 15 is 0 Å². The Kier molecular flexibility index (Phi) is 4.09. The van der Waals surface area contributed by atoms with E-state index < -0.39 is 5.97 Å². The molecule has 120 valence electrons. The fourth-order valence-corrected chi connectivity index (χ4v) is 2.87. The highest BCUT2D eigenvalue weighted by molar-refractivity contribution is 6.32. The molecule has 2 N–H and O–H groups in total. The number of hydrogen-bond acceptors (Lipinski definition) is 3. The summed E-state index contributed by atoms with van der Waals surface area (Å²) in [5.74, 6) is -1.47. The lowest BCUT2D eigenvalue weighted by Gasteiger charge is -2.32. The van der Waals surface area contributed by atoms with Gasteiger partial charge in [0.25, 0.3) is 5.91 Å². The molecule has 3 rings (SSSR count). The summed E-state index contributed by atoms with van der Waals surface area (Å²) in [6.45, 7) is 1.84. The van der Waals surface area contributed by atoms with Gasteiger partial charge in [-0.3, -0.25) is 9.59 Å². The molecule has 6 nitrogen and oxygen atoms in total. The number of amides is 1. The van der Waals surface area contributed by atoms with Gasteiger partial charge in [-0.25, -0.2) is 4.68 Å². The predicted octanol–water partition coefficient (Wildman–Crippen LogP) is 2.43. The summed E-state index contributed by atoms with van der Waals surface area (Å²) in [5, 5.41) is 16.5. The number of halogens is 1. The van der Waals surface area contributed by atoms with Crippen molar-refractivity contribution in [3.8, 4) is 5.69 Å². The van der Waals surface area contributed by atoms with Crippen LogP contribution in [0.2, 0.25) is 5.02 Å². The molecule has 0 aliphatic heterocycles. The molecule has 0 unspecified atom stereocenters. The predicted molar refractivity (Wildman–Crippen MR) is 84.9 cm³/mol. The second-order valence-corrected chi connectivity index (χ2v) is 6.12. The van der Waals surface area contributed by atoms with Gasteiger partial charge in [0.15, 0.2) is 5.69 Å². The molecule has 1 amide bonds. The van der Waals surface area contributed by atoms with E-state index in [-0.39, 0.29) is 17.9 Å². The molecule has 23 heavy (non-hydrogen) atoms. The summed E-state index contributed by atoms with van der Waals surface area (Å²) in [7, 11) is 0. The Morgan fingerprint density at radius 1 is 1.35 bits per heavy atom. The second kappa shape index (κ2) is 6.04. The number of aryl methyl sites for hydroxylation is 1. The molecular weight excluding hydrogens is 318 g/mol. The van der Waals surface area contributed by atoms with E-state index in [4.69, 9.17) is 16.7 Å². The Balaban J connectivity index is 1.72. The SMILES string of the molecule is Cc1cc(C(=O)NC2CC(C(=O)O)C2)nn1-c1ccccc1Cl. The molecule has 1 aliphatic carbocycles. The van der Waals surface area contributed by atoms with Gasteiger partial charge in [0.1, 0.15) is 0 Å². The summed E-state index contributed by atoms with van der Waals surface area (Å²) >= 11 is 6.16. The van der Waals surface area contributed by atoms with E-state index in [9.17, 15) is 9.59 Å². The lowest BCUT2D eigenvalue weighted by molar-refractivity contribution is -0.145. The Morgan fingerprint density at radius 2 is 2.04 bits per heavy atom.